The summed E-state index contributed by atoms with van der Waals surface area (Å²) >= 11 is 0. The molecule has 1 unspecified atom stereocenters. The first-order valence-electron chi connectivity index (χ1n) is 5.69. The molecule has 1 atom stereocenters. The van der Waals surface area contributed by atoms with Gasteiger partial charge in [-0.2, -0.15) is 0 Å². The van der Waals surface area contributed by atoms with E-state index in [1.807, 2.05) is 38.1 Å². The van der Waals surface area contributed by atoms with Crippen molar-refractivity contribution in [3.63, 3.8) is 0 Å². The van der Waals surface area contributed by atoms with Crippen LogP contribution in [0.1, 0.15) is 38.3 Å². The number of carbonyl (C=O) groups is 1. The monoisotopic (exact) mass is 220 g/mol. The van der Waals surface area contributed by atoms with Crippen molar-refractivity contribution in [2.75, 3.05) is 0 Å². The summed E-state index contributed by atoms with van der Waals surface area (Å²) in [5.74, 6) is 0. The van der Waals surface area contributed by atoms with Gasteiger partial charge in [0.1, 0.15) is 6.29 Å². The number of aldehydes is 1. The lowest BCUT2D eigenvalue weighted by Gasteiger charge is -2.28. The molecule has 1 aromatic rings. The van der Waals surface area contributed by atoms with Crippen LogP contribution in [0.3, 0.4) is 0 Å². The van der Waals surface area contributed by atoms with E-state index < -0.39 is 0 Å². The van der Waals surface area contributed by atoms with E-state index >= 15 is 0 Å². The summed E-state index contributed by atoms with van der Waals surface area (Å²) in [5, 5.41) is 9.70. The molecule has 2 heteroatoms. The van der Waals surface area contributed by atoms with E-state index in [1.54, 1.807) is 6.92 Å². The molecule has 1 N–H and O–H groups in total. The van der Waals surface area contributed by atoms with Crippen LogP contribution in [-0.4, -0.2) is 17.5 Å². The summed E-state index contributed by atoms with van der Waals surface area (Å²) in [6.45, 7) is 5.86. The maximum atomic E-state index is 10.3. The third kappa shape index (κ3) is 2.92. The van der Waals surface area contributed by atoms with Gasteiger partial charge in [-0.05, 0) is 24.5 Å². The lowest BCUT2D eigenvalue weighted by molar-refractivity contribution is -0.107. The Bertz CT molecular complexity index is 336. The van der Waals surface area contributed by atoms with E-state index in [9.17, 15) is 9.90 Å². The van der Waals surface area contributed by atoms with Crippen LogP contribution >= 0.6 is 0 Å². The predicted octanol–water partition coefficient (Wildman–Crippen LogP) is 2.48. The second-order valence-electron chi connectivity index (χ2n) is 4.80. The van der Waals surface area contributed by atoms with Gasteiger partial charge in [-0.1, -0.05) is 38.1 Å². The zero-order chi connectivity index (χ0) is 12.2. The van der Waals surface area contributed by atoms with Gasteiger partial charge in [0.25, 0.3) is 0 Å². The van der Waals surface area contributed by atoms with Gasteiger partial charge >= 0.3 is 0 Å². The molecule has 0 aliphatic rings. The Kier molecular flexibility index (Phi) is 4.25. The molecule has 0 saturated carbocycles. The van der Waals surface area contributed by atoms with Gasteiger partial charge < -0.3 is 9.90 Å². The molecule has 16 heavy (non-hydrogen) atoms. The molecule has 1 aromatic carbocycles. The topological polar surface area (TPSA) is 37.3 Å². The number of hydrogen-bond acceptors (Lipinski definition) is 2. The Morgan fingerprint density at radius 2 is 1.88 bits per heavy atom. The Morgan fingerprint density at radius 1 is 1.31 bits per heavy atom. The molecular weight excluding hydrogens is 200 g/mol. The van der Waals surface area contributed by atoms with Gasteiger partial charge in [-0.25, -0.2) is 0 Å². The fourth-order valence-electron chi connectivity index (χ4n) is 1.57. The molecule has 88 valence electrons. The van der Waals surface area contributed by atoms with Crippen molar-refractivity contribution in [2.24, 2.45) is 0 Å². The van der Waals surface area contributed by atoms with Crippen LogP contribution < -0.4 is 0 Å². The Labute approximate surface area is 97.3 Å². The van der Waals surface area contributed by atoms with Gasteiger partial charge in [0.2, 0.25) is 0 Å². The first kappa shape index (κ1) is 12.9. The van der Waals surface area contributed by atoms with Gasteiger partial charge in [-0.3, -0.25) is 0 Å². The van der Waals surface area contributed by atoms with Crippen LogP contribution in [0, 0.1) is 0 Å². The minimum atomic E-state index is -0.381. The zero-order valence-corrected chi connectivity index (χ0v) is 10.2. The molecular formula is C14H20O2. The van der Waals surface area contributed by atoms with Crippen LogP contribution in [0.2, 0.25) is 0 Å². The lowest BCUT2D eigenvalue weighted by atomic mass is 9.80. The molecule has 0 radical (unpaired) electrons. The second-order valence-corrected chi connectivity index (χ2v) is 4.80. The number of aliphatic hydroxyl groups excluding tert-OH is 1. The maximum absolute atomic E-state index is 10.3. The van der Waals surface area contributed by atoms with E-state index in [1.165, 1.54) is 0 Å². The first-order chi connectivity index (χ1) is 7.48. The van der Waals surface area contributed by atoms with Crippen molar-refractivity contribution in [2.45, 2.75) is 45.1 Å². The molecule has 1 rings (SSSR count). The van der Waals surface area contributed by atoms with E-state index in [-0.39, 0.29) is 11.5 Å². The van der Waals surface area contributed by atoms with Crippen LogP contribution in [0.5, 0.6) is 0 Å². The van der Waals surface area contributed by atoms with Gasteiger partial charge in [-0.15, -0.1) is 0 Å². The molecule has 0 aromatic heterocycles. The maximum Gasteiger partial charge on any atom is 0.120 e. The van der Waals surface area contributed by atoms with Crippen LogP contribution in [0.25, 0.3) is 0 Å². The largest absolute Gasteiger partial charge is 0.393 e. The Morgan fingerprint density at radius 3 is 2.31 bits per heavy atom. The van der Waals surface area contributed by atoms with Crippen molar-refractivity contribution < 1.29 is 9.90 Å². The van der Waals surface area contributed by atoms with Crippen LogP contribution in [0.4, 0.5) is 0 Å². The summed E-state index contributed by atoms with van der Waals surface area (Å²) in [6, 6.07) is 8.13. The van der Waals surface area contributed by atoms with Crippen molar-refractivity contribution in [1.29, 1.82) is 0 Å². The third-order valence-electron chi connectivity index (χ3n) is 3.29. The van der Waals surface area contributed by atoms with E-state index in [4.69, 9.17) is 0 Å². The zero-order valence-electron chi connectivity index (χ0n) is 10.2. The van der Waals surface area contributed by atoms with Crippen molar-refractivity contribution in [1.82, 2.24) is 0 Å². The SMILES string of the molecule is CC(O)C(C)(C)c1ccc(CCC=O)cc1. The Balaban J connectivity index is 2.82. The number of aryl methyl sites for hydroxylation is 1. The second kappa shape index (κ2) is 5.26. The number of rotatable bonds is 5. The van der Waals surface area contributed by atoms with Crippen molar-refractivity contribution in [3.8, 4) is 0 Å². The average Bonchev–Trinajstić information content (AvgIpc) is 2.26. The van der Waals surface area contributed by atoms with Crippen LogP contribution in [0.15, 0.2) is 24.3 Å². The molecule has 0 fully saturated rings. The van der Waals surface area contributed by atoms with Crippen LogP contribution in [-0.2, 0) is 16.6 Å². The van der Waals surface area contributed by atoms with Gasteiger partial charge in [0.15, 0.2) is 0 Å². The third-order valence-corrected chi connectivity index (χ3v) is 3.29. The highest BCUT2D eigenvalue weighted by molar-refractivity contribution is 5.50. The molecule has 2 nitrogen and oxygen atoms in total. The highest BCUT2D eigenvalue weighted by atomic mass is 16.3. The summed E-state index contributed by atoms with van der Waals surface area (Å²) in [5.41, 5.74) is 2.05. The summed E-state index contributed by atoms with van der Waals surface area (Å²) in [6.07, 6.45) is 1.92. The quantitative estimate of drug-likeness (QED) is 0.774. The highest BCUT2D eigenvalue weighted by Gasteiger charge is 2.25. The lowest BCUT2D eigenvalue weighted by Crippen LogP contribution is -2.30. The van der Waals surface area contributed by atoms with Crippen molar-refractivity contribution in [3.05, 3.63) is 35.4 Å². The fraction of sp³-hybridized carbons (Fsp3) is 0.500. The normalized spacial score (nSPS) is 13.5. The minimum absolute atomic E-state index is 0.233. The molecule has 0 aliphatic carbocycles. The first-order valence-corrected chi connectivity index (χ1v) is 5.69. The molecule has 0 spiro atoms. The minimum Gasteiger partial charge on any atom is -0.393 e. The number of benzene rings is 1. The fourth-order valence-corrected chi connectivity index (χ4v) is 1.57. The van der Waals surface area contributed by atoms with Crippen molar-refractivity contribution >= 4 is 6.29 Å². The smallest absolute Gasteiger partial charge is 0.120 e. The summed E-state index contributed by atoms with van der Waals surface area (Å²) < 4.78 is 0. The van der Waals surface area contributed by atoms with Gasteiger partial charge in [0.05, 0.1) is 6.10 Å². The summed E-state index contributed by atoms with van der Waals surface area (Å²) in [4.78, 5) is 10.3. The highest BCUT2D eigenvalue weighted by Crippen LogP contribution is 2.27. The molecule has 0 amide bonds. The molecule has 0 saturated heterocycles. The predicted molar refractivity (Wildman–Crippen MR) is 65.5 cm³/mol. The number of carbonyl (C=O) groups excluding carboxylic acids is 1. The van der Waals surface area contributed by atoms with Gasteiger partial charge in [0, 0.05) is 11.8 Å². The summed E-state index contributed by atoms with van der Waals surface area (Å²) in [7, 11) is 0. The average molecular weight is 220 g/mol. The van der Waals surface area contributed by atoms with E-state index in [0.29, 0.717) is 6.42 Å². The molecule has 0 bridgehead atoms. The van der Waals surface area contributed by atoms with E-state index in [2.05, 4.69) is 0 Å². The Hall–Kier alpha value is -1.15. The number of aliphatic hydroxyl groups is 1. The standard InChI is InChI=1S/C14H20O2/c1-11(16)14(2,3)13-8-6-12(7-9-13)5-4-10-15/h6-11,16H,4-5H2,1-3H3. The van der Waals surface area contributed by atoms with E-state index in [0.717, 1.165) is 23.8 Å². The molecule has 0 aliphatic heterocycles. The number of hydrogen-bond donors (Lipinski definition) is 1. The molecule has 0 heterocycles.